The lowest BCUT2D eigenvalue weighted by atomic mass is 10.1. The molecule has 0 spiro atoms. The molecule has 0 radical (unpaired) electrons. The Hall–Kier alpha value is -1.17. The van der Waals surface area contributed by atoms with Crippen LogP contribution < -0.4 is 0 Å². The van der Waals surface area contributed by atoms with Crippen LogP contribution in [0, 0.1) is 0 Å². The minimum Gasteiger partial charge on any atom is -0.508 e. The highest BCUT2D eigenvalue weighted by molar-refractivity contribution is 9.11. The maximum atomic E-state index is 12.0. The molecule has 5 heteroatoms. The van der Waals surface area contributed by atoms with Crippen LogP contribution in [0.4, 0.5) is 0 Å². The molecule has 0 fully saturated rings. The molecule has 0 atom stereocenters. The Labute approximate surface area is 124 Å². The molecule has 1 N–H and O–H groups in total. The number of ketones is 1. The fourth-order valence-electron chi connectivity index (χ4n) is 1.78. The van der Waals surface area contributed by atoms with Crippen LogP contribution in [-0.4, -0.2) is 29.4 Å². The number of nitrogens with zero attached hydrogens (tertiary/aromatic N) is 1. The van der Waals surface area contributed by atoms with Crippen LogP contribution in [0.1, 0.15) is 15.9 Å². The number of Topliss-reactive ketones (excluding diaryl/α,β-unsaturated/α-hetero) is 1. The van der Waals surface area contributed by atoms with Crippen LogP contribution >= 0.6 is 27.3 Å². The lowest BCUT2D eigenvalue weighted by molar-refractivity contribution is 0.0943. The molecule has 0 amide bonds. The lowest BCUT2D eigenvalue weighted by Gasteiger charge is -2.14. The molecule has 0 saturated heterocycles. The quantitative estimate of drug-likeness (QED) is 0.847. The molecule has 19 heavy (non-hydrogen) atoms. The molecule has 1 aromatic carbocycles. The fraction of sp³-hybridized carbons (Fsp3) is 0.214. The molecule has 0 aliphatic rings. The van der Waals surface area contributed by atoms with Crippen LogP contribution in [0.15, 0.2) is 39.5 Å². The van der Waals surface area contributed by atoms with Crippen molar-refractivity contribution in [1.82, 2.24) is 4.90 Å². The smallest absolute Gasteiger partial charge is 0.176 e. The molecule has 2 rings (SSSR count). The number of phenols is 1. The van der Waals surface area contributed by atoms with Crippen molar-refractivity contribution in [3.8, 4) is 5.75 Å². The van der Waals surface area contributed by atoms with Crippen LogP contribution in [0.25, 0.3) is 0 Å². The molecule has 0 saturated carbocycles. The van der Waals surface area contributed by atoms with E-state index in [0.29, 0.717) is 12.1 Å². The summed E-state index contributed by atoms with van der Waals surface area (Å²) in [7, 11) is 1.92. The average molecular weight is 340 g/mol. The van der Waals surface area contributed by atoms with Crippen molar-refractivity contribution in [3.05, 3.63) is 50.6 Å². The van der Waals surface area contributed by atoms with Crippen LogP contribution in [-0.2, 0) is 6.54 Å². The first kappa shape index (κ1) is 14.2. The molecule has 1 heterocycles. The summed E-state index contributed by atoms with van der Waals surface area (Å²) in [5.74, 6) is 0.227. The van der Waals surface area contributed by atoms with Gasteiger partial charge in [-0.05, 0) is 64.3 Å². The van der Waals surface area contributed by atoms with Crippen molar-refractivity contribution in [1.29, 1.82) is 0 Å². The van der Waals surface area contributed by atoms with E-state index in [-0.39, 0.29) is 11.5 Å². The number of carbonyl (C=O) groups is 1. The summed E-state index contributed by atoms with van der Waals surface area (Å²) in [6.07, 6.45) is 0. The van der Waals surface area contributed by atoms with Crippen molar-refractivity contribution >= 4 is 33.0 Å². The van der Waals surface area contributed by atoms with Gasteiger partial charge in [0.25, 0.3) is 0 Å². The van der Waals surface area contributed by atoms with Gasteiger partial charge in [0, 0.05) is 12.1 Å². The number of hydrogen-bond donors (Lipinski definition) is 1. The molecule has 1 aromatic heterocycles. The normalized spacial score (nSPS) is 10.9. The monoisotopic (exact) mass is 339 g/mol. The number of halogens is 1. The summed E-state index contributed by atoms with van der Waals surface area (Å²) in [6, 6.07) is 8.41. The maximum absolute atomic E-state index is 12.0. The zero-order valence-corrected chi connectivity index (χ0v) is 12.9. The van der Waals surface area contributed by atoms with Gasteiger partial charge in [-0.15, -0.1) is 11.3 Å². The highest BCUT2D eigenvalue weighted by atomic mass is 79.9. The minimum absolute atomic E-state index is 0.0526. The fourth-order valence-corrected chi connectivity index (χ4v) is 2.98. The topological polar surface area (TPSA) is 40.5 Å². The third kappa shape index (κ3) is 4.16. The lowest BCUT2D eigenvalue weighted by Crippen LogP contribution is -2.25. The molecular formula is C14H14BrNO2S. The van der Waals surface area contributed by atoms with Crippen molar-refractivity contribution < 1.29 is 9.90 Å². The van der Waals surface area contributed by atoms with Gasteiger partial charge in [-0.2, -0.15) is 0 Å². The number of likely N-dealkylation sites (N-methyl/N-ethyl adjacent to an activating group) is 1. The van der Waals surface area contributed by atoms with Gasteiger partial charge in [-0.3, -0.25) is 9.69 Å². The standard InChI is InChI=1S/C14H14BrNO2S/c1-16(7-10-6-14(15)19-9-10)8-13(18)11-2-4-12(17)5-3-11/h2-6,9,17H,7-8H2,1H3. The Morgan fingerprint density at radius 3 is 2.63 bits per heavy atom. The van der Waals surface area contributed by atoms with E-state index >= 15 is 0 Å². The number of carbonyl (C=O) groups excluding carboxylic acids is 1. The summed E-state index contributed by atoms with van der Waals surface area (Å²) in [5, 5.41) is 11.3. The van der Waals surface area contributed by atoms with E-state index in [1.807, 2.05) is 11.9 Å². The number of hydrogen-bond acceptors (Lipinski definition) is 4. The van der Waals surface area contributed by atoms with Crippen LogP contribution in [0.3, 0.4) is 0 Å². The zero-order chi connectivity index (χ0) is 13.8. The van der Waals surface area contributed by atoms with Gasteiger partial charge < -0.3 is 5.11 Å². The second-order valence-corrected chi connectivity index (χ2v) is 6.69. The highest BCUT2D eigenvalue weighted by Gasteiger charge is 2.10. The zero-order valence-electron chi connectivity index (χ0n) is 10.5. The van der Waals surface area contributed by atoms with E-state index in [2.05, 4.69) is 27.4 Å². The molecule has 2 aromatic rings. The van der Waals surface area contributed by atoms with Crippen molar-refractivity contribution in [2.75, 3.05) is 13.6 Å². The van der Waals surface area contributed by atoms with Crippen LogP contribution in [0.5, 0.6) is 5.75 Å². The minimum atomic E-state index is 0.0526. The third-order valence-electron chi connectivity index (χ3n) is 2.68. The summed E-state index contributed by atoms with van der Waals surface area (Å²) in [6.45, 7) is 1.10. The molecule has 0 aliphatic carbocycles. The van der Waals surface area contributed by atoms with E-state index in [0.717, 1.165) is 10.3 Å². The highest BCUT2D eigenvalue weighted by Crippen LogP contribution is 2.21. The van der Waals surface area contributed by atoms with Crippen LogP contribution in [0.2, 0.25) is 0 Å². The van der Waals surface area contributed by atoms with Gasteiger partial charge in [-0.25, -0.2) is 0 Å². The number of phenolic OH excluding ortho intramolecular Hbond substituents is 1. The molecule has 0 unspecified atom stereocenters. The first-order chi connectivity index (χ1) is 9.04. The molecule has 0 aliphatic heterocycles. The van der Waals surface area contributed by atoms with Gasteiger partial charge >= 0.3 is 0 Å². The number of benzene rings is 1. The van der Waals surface area contributed by atoms with Gasteiger partial charge in [0.2, 0.25) is 0 Å². The molecule has 0 bridgehead atoms. The maximum Gasteiger partial charge on any atom is 0.176 e. The summed E-state index contributed by atoms with van der Waals surface area (Å²) in [4.78, 5) is 14.0. The summed E-state index contributed by atoms with van der Waals surface area (Å²) in [5.41, 5.74) is 1.81. The predicted octanol–water partition coefficient (Wildman–Crippen LogP) is 3.53. The second-order valence-electron chi connectivity index (χ2n) is 4.40. The van der Waals surface area contributed by atoms with Gasteiger partial charge in [-0.1, -0.05) is 0 Å². The Balaban J connectivity index is 1.93. The Kier molecular flexibility index (Phi) is 4.74. The first-order valence-electron chi connectivity index (χ1n) is 5.78. The van der Waals surface area contributed by atoms with Crippen molar-refractivity contribution in [3.63, 3.8) is 0 Å². The van der Waals surface area contributed by atoms with Crippen molar-refractivity contribution in [2.24, 2.45) is 0 Å². The Bertz CT molecular complexity index is 565. The Morgan fingerprint density at radius 1 is 1.37 bits per heavy atom. The van der Waals surface area contributed by atoms with Gasteiger partial charge in [0.15, 0.2) is 5.78 Å². The predicted molar refractivity (Wildman–Crippen MR) is 80.8 cm³/mol. The molecular weight excluding hydrogens is 326 g/mol. The Morgan fingerprint density at radius 2 is 2.05 bits per heavy atom. The van der Waals surface area contributed by atoms with E-state index in [1.54, 1.807) is 23.5 Å². The van der Waals surface area contributed by atoms with E-state index in [4.69, 9.17) is 0 Å². The van der Waals surface area contributed by atoms with Crippen molar-refractivity contribution in [2.45, 2.75) is 6.54 Å². The summed E-state index contributed by atoms with van der Waals surface area (Å²) >= 11 is 5.07. The second kappa shape index (κ2) is 6.32. The SMILES string of the molecule is CN(CC(=O)c1ccc(O)cc1)Cc1csc(Br)c1. The van der Waals surface area contributed by atoms with E-state index in [1.165, 1.54) is 17.7 Å². The number of thiophene rings is 1. The molecule has 3 nitrogen and oxygen atoms in total. The molecule has 100 valence electrons. The number of aromatic hydroxyl groups is 1. The third-order valence-corrected chi connectivity index (χ3v) is 4.23. The van der Waals surface area contributed by atoms with E-state index < -0.39 is 0 Å². The first-order valence-corrected chi connectivity index (χ1v) is 7.45. The van der Waals surface area contributed by atoms with Gasteiger partial charge in [0.1, 0.15) is 5.75 Å². The largest absolute Gasteiger partial charge is 0.508 e. The average Bonchev–Trinajstić information content (AvgIpc) is 2.75. The van der Waals surface area contributed by atoms with Gasteiger partial charge in [0.05, 0.1) is 10.3 Å². The summed E-state index contributed by atoms with van der Waals surface area (Å²) < 4.78 is 1.10. The number of rotatable bonds is 5. The van der Waals surface area contributed by atoms with E-state index in [9.17, 15) is 9.90 Å².